The third-order valence-electron chi connectivity index (χ3n) is 4.13. The van der Waals surface area contributed by atoms with Crippen LogP contribution < -0.4 is 11.3 Å². The normalized spacial score (nSPS) is 12.4. The van der Waals surface area contributed by atoms with E-state index in [1.54, 1.807) is 4.57 Å². The van der Waals surface area contributed by atoms with Gasteiger partial charge in [0.15, 0.2) is 0 Å². The molecule has 0 aliphatic rings. The largest absolute Gasteiger partial charge is 0.320 e. The molecule has 112 valence electrons. The lowest BCUT2D eigenvalue weighted by Crippen LogP contribution is -2.31. The Balaban J connectivity index is 2.52. The van der Waals surface area contributed by atoms with Crippen LogP contribution in [0.2, 0.25) is 0 Å². The molecule has 0 aliphatic heterocycles. The van der Waals surface area contributed by atoms with Gasteiger partial charge in [0.25, 0.3) is 5.56 Å². The number of benzene rings is 1. The summed E-state index contributed by atoms with van der Waals surface area (Å²) < 4.78 is 1.78. The summed E-state index contributed by atoms with van der Waals surface area (Å²) in [5.41, 5.74) is 11.3. The van der Waals surface area contributed by atoms with Gasteiger partial charge in [0.05, 0.1) is 6.04 Å². The molecule has 2 N–H and O–H groups in total. The molecule has 1 atom stereocenters. The van der Waals surface area contributed by atoms with Gasteiger partial charge >= 0.3 is 0 Å². The second-order valence-corrected chi connectivity index (χ2v) is 5.50. The summed E-state index contributed by atoms with van der Waals surface area (Å²) in [5.74, 6) is 0. The standard InChI is InChI=1S/C18H24N2O/c1-5-14-7-9-15(10-8-14)17(19)16-12(3)11-13(4)20(6-2)18(16)21/h7-11,17H,5-6,19H2,1-4H3. The van der Waals surface area contributed by atoms with E-state index in [0.29, 0.717) is 12.1 Å². The zero-order chi connectivity index (χ0) is 15.6. The molecular weight excluding hydrogens is 260 g/mol. The summed E-state index contributed by atoms with van der Waals surface area (Å²) in [4.78, 5) is 12.7. The summed E-state index contributed by atoms with van der Waals surface area (Å²) in [6.45, 7) is 8.70. The van der Waals surface area contributed by atoms with E-state index in [1.807, 2.05) is 39.0 Å². The van der Waals surface area contributed by atoms with Crippen LogP contribution in [0.3, 0.4) is 0 Å². The van der Waals surface area contributed by atoms with E-state index >= 15 is 0 Å². The molecule has 1 aromatic heterocycles. The second-order valence-electron chi connectivity index (χ2n) is 5.50. The number of pyridine rings is 1. The number of nitrogens with zero attached hydrogens (tertiary/aromatic N) is 1. The van der Waals surface area contributed by atoms with Crippen molar-refractivity contribution in [3.63, 3.8) is 0 Å². The maximum atomic E-state index is 12.7. The van der Waals surface area contributed by atoms with Crippen LogP contribution in [0.15, 0.2) is 35.1 Å². The molecular formula is C18H24N2O. The van der Waals surface area contributed by atoms with Crippen molar-refractivity contribution >= 4 is 0 Å². The van der Waals surface area contributed by atoms with Crippen LogP contribution in [0, 0.1) is 13.8 Å². The van der Waals surface area contributed by atoms with Crippen molar-refractivity contribution in [3.8, 4) is 0 Å². The third kappa shape index (κ3) is 2.93. The average Bonchev–Trinajstić information content (AvgIpc) is 2.47. The van der Waals surface area contributed by atoms with Gasteiger partial charge in [-0.05, 0) is 49.9 Å². The maximum absolute atomic E-state index is 12.7. The molecule has 0 saturated carbocycles. The lowest BCUT2D eigenvalue weighted by atomic mass is 9.95. The molecule has 2 rings (SSSR count). The Kier molecular flexibility index (Phi) is 4.63. The number of hydrogen-bond donors (Lipinski definition) is 1. The first-order chi connectivity index (χ1) is 9.99. The summed E-state index contributed by atoms with van der Waals surface area (Å²) in [6.07, 6.45) is 1.00. The highest BCUT2D eigenvalue weighted by Crippen LogP contribution is 2.21. The van der Waals surface area contributed by atoms with E-state index in [9.17, 15) is 4.79 Å². The molecule has 0 saturated heterocycles. The summed E-state index contributed by atoms with van der Waals surface area (Å²) in [5, 5.41) is 0. The van der Waals surface area contributed by atoms with Crippen molar-refractivity contribution in [2.24, 2.45) is 5.73 Å². The van der Waals surface area contributed by atoms with Crippen LogP contribution >= 0.6 is 0 Å². The summed E-state index contributed by atoms with van der Waals surface area (Å²) >= 11 is 0. The number of nitrogens with two attached hydrogens (primary N) is 1. The quantitative estimate of drug-likeness (QED) is 0.938. The molecule has 0 fully saturated rings. The Morgan fingerprint density at radius 1 is 1.14 bits per heavy atom. The van der Waals surface area contributed by atoms with Gasteiger partial charge in [-0.25, -0.2) is 0 Å². The van der Waals surface area contributed by atoms with E-state index in [1.165, 1.54) is 5.56 Å². The topological polar surface area (TPSA) is 48.0 Å². The van der Waals surface area contributed by atoms with Crippen molar-refractivity contribution in [3.05, 3.63) is 68.6 Å². The highest BCUT2D eigenvalue weighted by atomic mass is 16.1. The van der Waals surface area contributed by atoms with Gasteiger partial charge in [-0.3, -0.25) is 4.79 Å². The van der Waals surface area contributed by atoms with Crippen LogP contribution in [0.4, 0.5) is 0 Å². The van der Waals surface area contributed by atoms with Crippen molar-refractivity contribution in [2.45, 2.75) is 46.7 Å². The molecule has 0 amide bonds. The Morgan fingerprint density at radius 2 is 1.76 bits per heavy atom. The minimum atomic E-state index is -0.373. The smallest absolute Gasteiger partial charge is 0.256 e. The zero-order valence-electron chi connectivity index (χ0n) is 13.3. The minimum absolute atomic E-state index is 0.0297. The van der Waals surface area contributed by atoms with Gasteiger partial charge in [-0.15, -0.1) is 0 Å². The number of rotatable bonds is 4. The van der Waals surface area contributed by atoms with Gasteiger partial charge in [-0.2, -0.15) is 0 Å². The van der Waals surface area contributed by atoms with Gasteiger partial charge in [0, 0.05) is 17.8 Å². The first-order valence-electron chi connectivity index (χ1n) is 7.54. The lowest BCUT2D eigenvalue weighted by molar-refractivity contribution is 0.674. The first kappa shape index (κ1) is 15.5. The Morgan fingerprint density at radius 3 is 2.29 bits per heavy atom. The van der Waals surface area contributed by atoms with Crippen molar-refractivity contribution in [1.82, 2.24) is 4.57 Å². The van der Waals surface area contributed by atoms with Crippen LogP contribution in [0.25, 0.3) is 0 Å². The van der Waals surface area contributed by atoms with E-state index in [4.69, 9.17) is 5.73 Å². The van der Waals surface area contributed by atoms with Crippen LogP contribution in [0.1, 0.15) is 47.8 Å². The summed E-state index contributed by atoms with van der Waals surface area (Å²) in [7, 11) is 0. The maximum Gasteiger partial charge on any atom is 0.256 e. The average molecular weight is 284 g/mol. The highest BCUT2D eigenvalue weighted by Gasteiger charge is 2.18. The molecule has 0 radical (unpaired) electrons. The Hall–Kier alpha value is -1.87. The fraction of sp³-hybridized carbons (Fsp3) is 0.389. The van der Waals surface area contributed by atoms with E-state index in [2.05, 4.69) is 19.1 Å². The van der Waals surface area contributed by atoms with Gasteiger partial charge in [0.1, 0.15) is 0 Å². The predicted molar refractivity (Wildman–Crippen MR) is 87.7 cm³/mol. The molecule has 1 unspecified atom stereocenters. The number of aromatic nitrogens is 1. The van der Waals surface area contributed by atoms with Crippen molar-refractivity contribution in [1.29, 1.82) is 0 Å². The van der Waals surface area contributed by atoms with Crippen LogP contribution in [-0.4, -0.2) is 4.57 Å². The van der Waals surface area contributed by atoms with Crippen LogP contribution in [-0.2, 0) is 13.0 Å². The molecule has 21 heavy (non-hydrogen) atoms. The SMILES string of the molecule is CCc1ccc(C(N)c2c(C)cc(C)n(CC)c2=O)cc1. The highest BCUT2D eigenvalue weighted by molar-refractivity contribution is 5.37. The Bertz CT molecular complexity index is 684. The second kappa shape index (κ2) is 6.27. The predicted octanol–water partition coefficient (Wildman–Crippen LogP) is 3.10. The fourth-order valence-electron chi connectivity index (χ4n) is 2.84. The molecule has 1 heterocycles. The van der Waals surface area contributed by atoms with Gasteiger partial charge in [-0.1, -0.05) is 31.2 Å². The number of hydrogen-bond acceptors (Lipinski definition) is 2. The fourth-order valence-corrected chi connectivity index (χ4v) is 2.84. The van der Waals surface area contributed by atoms with E-state index in [0.717, 1.165) is 23.2 Å². The molecule has 3 nitrogen and oxygen atoms in total. The van der Waals surface area contributed by atoms with E-state index < -0.39 is 0 Å². The molecule has 2 aromatic rings. The molecule has 0 spiro atoms. The lowest BCUT2D eigenvalue weighted by Gasteiger charge is -2.18. The van der Waals surface area contributed by atoms with E-state index in [-0.39, 0.29) is 11.6 Å². The third-order valence-corrected chi connectivity index (χ3v) is 4.13. The summed E-state index contributed by atoms with van der Waals surface area (Å²) in [6, 6.07) is 9.88. The van der Waals surface area contributed by atoms with Crippen molar-refractivity contribution in [2.75, 3.05) is 0 Å². The monoisotopic (exact) mass is 284 g/mol. The molecule has 1 aromatic carbocycles. The van der Waals surface area contributed by atoms with Gasteiger partial charge < -0.3 is 10.3 Å². The molecule has 3 heteroatoms. The van der Waals surface area contributed by atoms with Crippen LogP contribution in [0.5, 0.6) is 0 Å². The minimum Gasteiger partial charge on any atom is -0.320 e. The van der Waals surface area contributed by atoms with Gasteiger partial charge in [0.2, 0.25) is 0 Å². The zero-order valence-corrected chi connectivity index (χ0v) is 13.3. The number of aryl methyl sites for hydroxylation is 3. The first-order valence-corrected chi connectivity index (χ1v) is 7.54. The molecule has 0 aliphatic carbocycles. The van der Waals surface area contributed by atoms with Crippen molar-refractivity contribution < 1.29 is 0 Å². The Labute approximate surface area is 126 Å². The molecule has 0 bridgehead atoms.